The van der Waals surface area contributed by atoms with Gasteiger partial charge in [-0.05, 0) is 50.3 Å². The maximum atomic E-state index is 12.8. The predicted molar refractivity (Wildman–Crippen MR) is 98.9 cm³/mol. The number of aromatic nitrogens is 2. The number of hydrogen-bond acceptors (Lipinski definition) is 3. The van der Waals surface area contributed by atoms with Crippen molar-refractivity contribution in [2.45, 2.75) is 44.9 Å². The molecule has 2 aromatic rings. The van der Waals surface area contributed by atoms with E-state index in [9.17, 15) is 9.59 Å². The Morgan fingerprint density at radius 3 is 2.88 bits per heavy atom. The van der Waals surface area contributed by atoms with E-state index >= 15 is 0 Å². The van der Waals surface area contributed by atoms with E-state index in [1.165, 1.54) is 0 Å². The third-order valence-corrected chi connectivity index (χ3v) is 5.84. The van der Waals surface area contributed by atoms with Crippen LogP contribution in [0.15, 0.2) is 24.3 Å². The Bertz CT molecular complexity index is 853. The Hall–Kier alpha value is -2.63. The van der Waals surface area contributed by atoms with E-state index in [1.54, 1.807) is 0 Å². The van der Waals surface area contributed by atoms with Gasteiger partial charge in [-0.25, -0.2) is 0 Å². The SMILES string of the molecule is Cc1n[nH]c(C)c1CCC(=O)N1CCC[C@]2(C1)C(=O)Nc1ccccc12. The molecule has 0 unspecified atom stereocenters. The molecular formula is C20H24N4O2. The molecule has 2 aliphatic heterocycles. The summed E-state index contributed by atoms with van der Waals surface area (Å²) in [5, 5.41) is 10.2. The number of anilines is 1. The average molecular weight is 352 g/mol. The minimum absolute atomic E-state index is 0.0257. The highest BCUT2D eigenvalue weighted by molar-refractivity contribution is 6.06. The minimum Gasteiger partial charge on any atom is -0.341 e. The number of benzene rings is 1. The highest BCUT2D eigenvalue weighted by Crippen LogP contribution is 2.43. The Morgan fingerprint density at radius 2 is 2.12 bits per heavy atom. The lowest BCUT2D eigenvalue weighted by Gasteiger charge is -2.39. The van der Waals surface area contributed by atoms with Crippen LogP contribution in [0.1, 0.15) is 41.8 Å². The molecule has 136 valence electrons. The number of nitrogens with zero attached hydrogens (tertiary/aromatic N) is 2. The number of rotatable bonds is 3. The Labute approximate surface area is 153 Å². The van der Waals surface area contributed by atoms with Crippen molar-refractivity contribution in [1.82, 2.24) is 15.1 Å². The van der Waals surface area contributed by atoms with Gasteiger partial charge >= 0.3 is 0 Å². The summed E-state index contributed by atoms with van der Waals surface area (Å²) in [6.45, 7) is 5.13. The number of fused-ring (bicyclic) bond motifs is 2. The molecule has 2 amide bonds. The molecule has 1 saturated heterocycles. The summed E-state index contributed by atoms with van der Waals surface area (Å²) in [6, 6.07) is 7.85. The van der Waals surface area contributed by atoms with Crippen molar-refractivity contribution < 1.29 is 9.59 Å². The molecule has 0 bridgehead atoms. The standard InChI is InChI=1S/C20H24N4O2/c1-13-15(14(2)23-22-13)8-9-18(25)24-11-5-10-20(12-24)16-6-3-4-7-17(16)21-19(20)26/h3-4,6-7H,5,8-12H2,1-2H3,(H,21,26)(H,22,23)/t20-/m1/s1. The fourth-order valence-electron chi connectivity index (χ4n) is 4.38. The van der Waals surface area contributed by atoms with Gasteiger partial charge in [0.05, 0.1) is 11.1 Å². The third-order valence-electron chi connectivity index (χ3n) is 5.84. The van der Waals surface area contributed by atoms with Crippen LogP contribution in [-0.2, 0) is 21.4 Å². The fourth-order valence-corrected chi connectivity index (χ4v) is 4.38. The van der Waals surface area contributed by atoms with Crippen LogP contribution in [0.4, 0.5) is 5.69 Å². The Kier molecular flexibility index (Phi) is 4.05. The van der Waals surface area contributed by atoms with Gasteiger partial charge in [0.15, 0.2) is 0 Å². The van der Waals surface area contributed by atoms with Crippen molar-refractivity contribution in [2.24, 2.45) is 0 Å². The van der Waals surface area contributed by atoms with E-state index in [-0.39, 0.29) is 11.8 Å². The molecule has 0 radical (unpaired) electrons. The molecule has 0 aliphatic carbocycles. The van der Waals surface area contributed by atoms with Crippen LogP contribution in [-0.4, -0.2) is 40.0 Å². The first-order valence-corrected chi connectivity index (χ1v) is 9.20. The fraction of sp³-hybridized carbons (Fsp3) is 0.450. The molecule has 4 rings (SSSR count). The zero-order chi connectivity index (χ0) is 18.3. The molecule has 1 fully saturated rings. The number of piperidine rings is 1. The van der Waals surface area contributed by atoms with Crippen LogP contribution in [0.25, 0.3) is 0 Å². The average Bonchev–Trinajstić information content (AvgIpc) is 3.10. The maximum absolute atomic E-state index is 12.8. The third kappa shape index (κ3) is 2.60. The van der Waals surface area contributed by atoms with Crippen LogP contribution < -0.4 is 5.32 Å². The van der Waals surface area contributed by atoms with Crippen LogP contribution in [0.5, 0.6) is 0 Å². The first-order chi connectivity index (χ1) is 12.5. The van der Waals surface area contributed by atoms with Gasteiger partial charge in [-0.1, -0.05) is 18.2 Å². The summed E-state index contributed by atoms with van der Waals surface area (Å²) < 4.78 is 0. The second-order valence-corrected chi connectivity index (χ2v) is 7.41. The summed E-state index contributed by atoms with van der Waals surface area (Å²) in [5.74, 6) is 0.138. The Morgan fingerprint density at radius 1 is 1.31 bits per heavy atom. The summed E-state index contributed by atoms with van der Waals surface area (Å²) in [6.07, 6.45) is 2.76. The number of aromatic amines is 1. The highest BCUT2D eigenvalue weighted by atomic mass is 16.2. The number of likely N-dealkylation sites (tertiary alicyclic amines) is 1. The molecule has 6 nitrogen and oxygen atoms in total. The predicted octanol–water partition coefficient (Wildman–Crippen LogP) is 2.47. The van der Waals surface area contributed by atoms with E-state index in [1.807, 2.05) is 43.0 Å². The highest BCUT2D eigenvalue weighted by Gasteiger charge is 2.49. The summed E-state index contributed by atoms with van der Waals surface area (Å²) >= 11 is 0. The van der Waals surface area contributed by atoms with Gasteiger partial charge in [-0.15, -0.1) is 0 Å². The number of hydrogen-bond donors (Lipinski definition) is 2. The summed E-state index contributed by atoms with van der Waals surface area (Å²) in [5.41, 5.74) is 4.42. The lowest BCUT2D eigenvalue weighted by molar-refractivity contribution is -0.135. The first kappa shape index (κ1) is 16.8. The van der Waals surface area contributed by atoms with Crippen molar-refractivity contribution in [3.05, 3.63) is 46.8 Å². The van der Waals surface area contributed by atoms with Crippen molar-refractivity contribution in [3.8, 4) is 0 Å². The second-order valence-electron chi connectivity index (χ2n) is 7.41. The number of carbonyl (C=O) groups is 2. The number of H-pyrrole nitrogens is 1. The van der Waals surface area contributed by atoms with Crippen molar-refractivity contribution in [3.63, 3.8) is 0 Å². The molecule has 1 spiro atoms. The minimum atomic E-state index is -0.591. The summed E-state index contributed by atoms with van der Waals surface area (Å²) in [7, 11) is 0. The molecule has 3 heterocycles. The largest absolute Gasteiger partial charge is 0.341 e. The quantitative estimate of drug-likeness (QED) is 0.891. The van der Waals surface area contributed by atoms with Crippen LogP contribution in [0.3, 0.4) is 0 Å². The van der Waals surface area contributed by atoms with Crippen LogP contribution in [0, 0.1) is 13.8 Å². The number of para-hydroxylation sites is 1. The van der Waals surface area contributed by atoms with Gasteiger partial charge < -0.3 is 10.2 Å². The van der Waals surface area contributed by atoms with E-state index < -0.39 is 5.41 Å². The molecule has 2 N–H and O–H groups in total. The van der Waals surface area contributed by atoms with Crippen LogP contribution in [0.2, 0.25) is 0 Å². The lowest BCUT2D eigenvalue weighted by atomic mass is 9.75. The molecule has 1 aromatic heterocycles. The smallest absolute Gasteiger partial charge is 0.236 e. The zero-order valence-corrected chi connectivity index (χ0v) is 15.3. The van der Waals surface area contributed by atoms with Gasteiger partial charge in [0.2, 0.25) is 11.8 Å². The van der Waals surface area contributed by atoms with Gasteiger partial charge in [0.1, 0.15) is 0 Å². The van der Waals surface area contributed by atoms with Gasteiger partial charge in [0, 0.05) is 30.9 Å². The topological polar surface area (TPSA) is 78.1 Å². The zero-order valence-electron chi connectivity index (χ0n) is 15.3. The normalized spacial score (nSPS) is 21.8. The van der Waals surface area contributed by atoms with Crippen LogP contribution >= 0.6 is 0 Å². The monoisotopic (exact) mass is 352 g/mol. The van der Waals surface area contributed by atoms with Gasteiger partial charge in [0.25, 0.3) is 0 Å². The van der Waals surface area contributed by atoms with E-state index in [0.29, 0.717) is 19.4 Å². The lowest BCUT2D eigenvalue weighted by Crippen LogP contribution is -2.51. The molecular weight excluding hydrogens is 328 g/mol. The molecule has 26 heavy (non-hydrogen) atoms. The number of nitrogens with one attached hydrogen (secondary N) is 2. The number of aryl methyl sites for hydroxylation is 2. The first-order valence-electron chi connectivity index (χ1n) is 9.20. The van der Waals surface area contributed by atoms with E-state index in [4.69, 9.17) is 0 Å². The molecule has 1 atom stereocenters. The molecule has 2 aliphatic rings. The number of amides is 2. The molecule has 0 saturated carbocycles. The van der Waals surface area contributed by atoms with E-state index in [0.717, 1.165) is 47.6 Å². The van der Waals surface area contributed by atoms with Crippen molar-refractivity contribution >= 4 is 17.5 Å². The molecule has 1 aromatic carbocycles. The van der Waals surface area contributed by atoms with Gasteiger partial charge in [-0.3, -0.25) is 14.7 Å². The van der Waals surface area contributed by atoms with Crippen molar-refractivity contribution in [2.75, 3.05) is 18.4 Å². The van der Waals surface area contributed by atoms with E-state index in [2.05, 4.69) is 15.5 Å². The van der Waals surface area contributed by atoms with Crippen molar-refractivity contribution in [1.29, 1.82) is 0 Å². The number of carbonyl (C=O) groups excluding carboxylic acids is 2. The molecule has 6 heteroatoms. The maximum Gasteiger partial charge on any atom is 0.236 e. The second kappa shape index (κ2) is 6.27. The Balaban J connectivity index is 1.50. The summed E-state index contributed by atoms with van der Waals surface area (Å²) in [4.78, 5) is 27.5. The van der Waals surface area contributed by atoms with Gasteiger partial charge in [-0.2, -0.15) is 5.10 Å².